The molecule has 0 aliphatic carbocycles. The Morgan fingerprint density at radius 3 is 2.21 bits per heavy atom. The van der Waals surface area contributed by atoms with Crippen LogP contribution in [0.5, 0.6) is 23.0 Å². The summed E-state index contributed by atoms with van der Waals surface area (Å²) in [5.74, 6) is 2.54. The number of carbonyl (C=O) groups excluding carboxylic acids is 1. The first-order valence-corrected chi connectivity index (χ1v) is 17.4. The maximum Gasteiger partial charge on any atom is 0.420 e. The van der Waals surface area contributed by atoms with Crippen molar-refractivity contribution in [3.05, 3.63) is 107 Å². The molecule has 0 fully saturated rings. The smallest absolute Gasteiger partial charge is 0.420 e. The van der Waals surface area contributed by atoms with Crippen LogP contribution in [0.15, 0.2) is 94.3 Å². The van der Waals surface area contributed by atoms with Crippen LogP contribution in [-0.4, -0.2) is 68.9 Å². The number of para-hydroxylation sites is 2. The van der Waals surface area contributed by atoms with Crippen molar-refractivity contribution in [2.24, 2.45) is 5.92 Å². The molecule has 3 aromatic carbocycles. The minimum Gasteiger partial charge on any atom is -0.493 e. The molecule has 1 unspecified atom stereocenters. The van der Waals surface area contributed by atoms with E-state index in [0.717, 1.165) is 49.4 Å². The first-order valence-electron chi connectivity index (χ1n) is 17.4. The van der Waals surface area contributed by atoms with E-state index in [9.17, 15) is 14.9 Å². The summed E-state index contributed by atoms with van der Waals surface area (Å²) < 4.78 is 27.9. The number of rotatable bonds is 16. The first-order chi connectivity index (χ1) is 25.6. The fourth-order valence-corrected chi connectivity index (χ4v) is 6.15. The van der Waals surface area contributed by atoms with Crippen LogP contribution in [-0.2, 0) is 23.2 Å². The van der Waals surface area contributed by atoms with E-state index in [1.165, 1.54) is 10.1 Å². The van der Waals surface area contributed by atoms with Crippen molar-refractivity contribution in [2.75, 3.05) is 53.9 Å². The fraction of sp³-hybridized carbons (Fsp3) is 0.366. The van der Waals surface area contributed by atoms with Crippen molar-refractivity contribution in [1.29, 1.82) is 5.26 Å². The lowest BCUT2D eigenvalue weighted by Crippen LogP contribution is -2.32. The van der Waals surface area contributed by atoms with E-state index in [1.54, 1.807) is 77.1 Å². The highest BCUT2D eigenvalue weighted by atomic mass is 16.5. The predicted molar refractivity (Wildman–Crippen MR) is 205 cm³/mol. The van der Waals surface area contributed by atoms with Crippen LogP contribution in [0.2, 0.25) is 0 Å². The molecular weight excluding hydrogens is 674 g/mol. The van der Waals surface area contributed by atoms with E-state index < -0.39 is 11.2 Å². The van der Waals surface area contributed by atoms with E-state index in [2.05, 4.69) is 48.2 Å². The monoisotopic (exact) mass is 723 g/mol. The molecule has 53 heavy (non-hydrogen) atoms. The number of hydrogen-bond acceptors (Lipinski definition) is 10. The summed E-state index contributed by atoms with van der Waals surface area (Å²) in [5, 5.41) is 12.9. The van der Waals surface area contributed by atoms with Crippen LogP contribution in [0.4, 0.5) is 5.82 Å². The molecule has 12 heteroatoms. The second-order valence-electron chi connectivity index (χ2n) is 12.8. The van der Waals surface area contributed by atoms with Crippen LogP contribution < -0.4 is 30.0 Å². The molecule has 0 saturated carbocycles. The number of anilines is 1. The average Bonchev–Trinajstić information content (AvgIpc) is 3.49. The number of nitriles is 1. The van der Waals surface area contributed by atoms with Crippen LogP contribution in [0.25, 0.3) is 11.1 Å². The molecule has 5 rings (SSSR count). The van der Waals surface area contributed by atoms with Gasteiger partial charge < -0.3 is 33.6 Å². The number of hydrogen-bond donors (Lipinski definition) is 1. The standard InChI is InChI=1S/C27H38N2O4.C14H11N3O3/c1-20(2)27(19-28,22-10-12-24(31-5)26(18-22)33-7)14-8-15-29(3)16-13-21-9-11-23(30-4)25(17-21)32-6;18-13(16-12-7-3-4-8-15-12)9-17-10-5-1-2-6-11(10)20-14(17)19/h9-12,17-18,20H,8,13-16H2,1-7H3;1-8H,9H2,(H,15,16,18). The minimum absolute atomic E-state index is 0.119. The third-order valence-electron chi connectivity index (χ3n) is 9.23. The molecule has 280 valence electrons. The molecule has 1 atom stereocenters. The number of aromatic nitrogens is 2. The molecule has 5 aromatic rings. The van der Waals surface area contributed by atoms with E-state index in [1.807, 2.05) is 30.3 Å². The van der Waals surface area contributed by atoms with Crippen molar-refractivity contribution in [3.63, 3.8) is 0 Å². The number of fused-ring (bicyclic) bond motifs is 1. The Balaban J connectivity index is 0.000000265. The summed E-state index contributed by atoms with van der Waals surface area (Å²) in [6.45, 7) is 5.94. The second-order valence-corrected chi connectivity index (χ2v) is 12.8. The number of benzene rings is 3. The van der Waals surface area contributed by atoms with E-state index in [4.69, 9.17) is 23.4 Å². The van der Waals surface area contributed by atoms with Crippen molar-refractivity contribution in [3.8, 4) is 29.1 Å². The third-order valence-corrected chi connectivity index (χ3v) is 9.23. The van der Waals surface area contributed by atoms with E-state index >= 15 is 0 Å². The van der Waals surface area contributed by atoms with Gasteiger partial charge in [-0.1, -0.05) is 44.2 Å². The van der Waals surface area contributed by atoms with Crippen LogP contribution in [0.1, 0.15) is 37.8 Å². The third kappa shape index (κ3) is 10.2. The maximum atomic E-state index is 11.9. The topological polar surface area (TPSA) is 141 Å². The maximum absolute atomic E-state index is 11.9. The number of oxazole rings is 1. The number of nitrogens with one attached hydrogen (secondary N) is 1. The molecule has 1 amide bonds. The summed E-state index contributed by atoms with van der Waals surface area (Å²) >= 11 is 0. The van der Waals surface area contributed by atoms with Crippen LogP contribution in [0, 0.1) is 17.2 Å². The molecule has 0 spiro atoms. The van der Waals surface area contributed by atoms with Gasteiger partial charge in [-0.25, -0.2) is 9.78 Å². The van der Waals surface area contributed by atoms with E-state index in [0.29, 0.717) is 28.4 Å². The molecule has 1 N–H and O–H groups in total. The molecule has 0 bridgehead atoms. The molecular formula is C41H49N5O7. The van der Waals surface area contributed by atoms with Gasteiger partial charge in [-0.05, 0) is 98.4 Å². The van der Waals surface area contributed by atoms with E-state index in [-0.39, 0.29) is 18.4 Å². The number of carbonyl (C=O) groups is 1. The Morgan fingerprint density at radius 2 is 1.57 bits per heavy atom. The van der Waals surface area contributed by atoms with Crippen molar-refractivity contribution < 1.29 is 28.2 Å². The number of likely N-dealkylation sites (N-methyl/N-ethyl adjacent to an activating group) is 1. The average molecular weight is 724 g/mol. The number of methoxy groups -OCH3 is 4. The summed E-state index contributed by atoms with van der Waals surface area (Å²) in [6, 6.07) is 26.7. The van der Waals surface area contributed by atoms with Gasteiger partial charge in [0.25, 0.3) is 0 Å². The van der Waals surface area contributed by atoms with Crippen LogP contribution >= 0.6 is 0 Å². The van der Waals surface area contributed by atoms with Crippen molar-refractivity contribution in [1.82, 2.24) is 14.5 Å². The molecule has 2 heterocycles. The van der Waals surface area contributed by atoms with Crippen LogP contribution in [0.3, 0.4) is 0 Å². The number of ether oxygens (including phenoxy) is 4. The first kappa shape index (κ1) is 40.0. The zero-order valence-corrected chi connectivity index (χ0v) is 31.5. The number of pyridine rings is 1. The summed E-state index contributed by atoms with van der Waals surface area (Å²) in [7, 11) is 8.67. The SMILES string of the molecule is COc1ccc(CCN(C)CCCC(C#N)(c2ccc(OC)c(OC)c2)C(C)C)cc1OC.O=C(Cn1c(=O)oc2ccccc21)Nc1ccccn1. The quantitative estimate of drug-likeness (QED) is 0.117. The fourth-order valence-electron chi connectivity index (χ4n) is 6.15. The largest absolute Gasteiger partial charge is 0.493 e. The van der Waals surface area contributed by atoms with Crippen molar-refractivity contribution in [2.45, 2.75) is 45.1 Å². The number of nitrogens with zero attached hydrogens (tertiary/aromatic N) is 4. The Hall–Kier alpha value is -5.80. The Bertz CT molecular complexity index is 2040. The highest BCUT2D eigenvalue weighted by Gasteiger charge is 2.36. The highest BCUT2D eigenvalue weighted by molar-refractivity contribution is 5.90. The van der Waals surface area contributed by atoms with Gasteiger partial charge in [0.15, 0.2) is 28.6 Å². The highest BCUT2D eigenvalue weighted by Crippen LogP contribution is 2.40. The van der Waals surface area contributed by atoms with Gasteiger partial charge in [0.05, 0.1) is 45.4 Å². The van der Waals surface area contributed by atoms with Gasteiger partial charge in [-0.3, -0.25) is 9.36 Å². The molecule has 0 radical (unpaired) electrons. The lowest BCUT2D eigenvalue weighted by molar-refractivity contribution is -0.116. The van der Waals surface area contributed by atoms with Gasteiger partial charge in [0, 0.05) is 12.7 Å². The Labute approximate surface area is 310 Å². The van der Waals surface area contributed by atoms with Gasteiger partial charge in [0.2, 0.25) is 5.91 Å². The molecule has 0 saturated heterocycles. The van der Waals surface area contributed by atoms with Gasteiger partial charge in [0.1, 0.15) is 12.4 Å². The van der Waals surface area contributed by atoms with Gasteiger partial charge in [-0.2, -0.15) is 5.26 Å². The van der Waals surface area contributed by atoms with Gasteiger partial charge in [-0.15, -0.1) is 0 Å². The molecule has 0 aliphatic heterocycles. The lowest BCUT2D eigenvalue weighted by Gasteiger charge is -2.32. The van der Waals surface area contributed by atoms with Crippen molar-refractivity contribution >= 4 is 22.8 Å². The molecule has 0 aliphatic rings. The summed E-state index contributed by atoms with van der Waals surface area (Å²) in [4.78, 5) is 30.0. The molecule has 12 nitrogen and oxygen atoms in total. The molecule has 2 aromatic heterocycles. The zero-order valence-electron chi connectivity index (χ0n) is 31.5. The predicted octanol–water partition coefficient (Wildman–Crippen LogP) is 6.72. The number of amides is 1. The van der Waals surface area contributed by atoms with Gasteiger partial charge >= 0.3 is 5.76 Å². The normalized spacial score (nSPS) is 12.0. The Kier molecular flexibility index (Phi) is 14.4. The Morgan fingerprint density at radius 1 is 0.906 bits per heavy atom. The lowest BCUT2D eigenvalue weighted by atomic mass is 9.69. The second kappa shape index (κ2) is 19.2. The minimum atomic E-state index is -0.580. The summed E-state index contributed by atoms with van der Waals surface area (Å²) in [6.07, 6.45) is 4.19. The zero-order chi connectivity index (χ0) is 38.4. The summed E-state index contributed by atoms with van der Waals surface area (Å²) in [5.41, 5.74) is 2.66.